The van der Waals surface area contributed by atoms with Crippen molar-refractivity contribution in [3.63, 3.8) is 0 Å². The Hall–Kier alpha value is -1.16. The van der Waals surface area contributed by atoms with Gasteiger partial charge in [0.2, 0.25) is 0 Å². The van der Waals surface area contributed by atoms with E-state index in [4.69, 9.17) is 0 Å². The number of anilines is 1. The van der Waals surface area contributed by atoms with Gasteiger partial charge in [0.25, 0.3) is 0 Å². The van der Waals surface area contributed by atoms with E-state index >= 15 is 0 Å². The third-order valence-corrected chi connectivity index (χ3v) is 3.83. The molecule has 1 heterocycles. The summed E-state index contributed by atoms with van der Waals surface area (Å²) >= 11 is 0. The van der Waals surface area contributed by atoms with Gasteiger partial charge in [-0.05, 0) is 25.0 Å². The Labute approximate surface area is 113 Å². The van der Waals surface area contributed by atoms with Crippen LogP contribution in [0.5, 0.6) is 0 Å². The number of halogens is 2. The molecular formula is C15H22F2N2. The smallest absolute Gasteiger partial charge is 0.149 e. The predicted molar refractivity (Wildman–Crippen MR) is 74.5 cm³/mol. The van der Waals surface area contributed by atoms with Crippen molar-refractivity contribution >= 4 is 5.69 Å². The maximum Gasteiger partial charge on any atom is 0.149 e. The summed E-state index contributed by atoms with van der Waals surface area (Å²) in [5.74, 6) is -0.981. The topological polar surface area (TPSA) is 15.3 Å². The molecule has 1 aliphatic rings. The fourth-order valence-corrected chi connectivity index (χ4v) is 2.78. The van der Waals surface area contributed by atoms with Gasteiger partial charge in [0.15, 0.2) is 0 Å². The van der Waals surface area contributed by atoms with Crippen LogP contribution in [0, 0.1) is 11.6 Å². The fraction of sp³-hybridized carbons (Fsp3) is 0.600. The number of rotatable bonds is 4. The molecule has 1 N–H and O–H groups in total. The lowest BCUT2D eigenvalue weighted by atomic mass is 10.0. The maximum absolute atomic E-state index is 14.0. The number of nitrogens with one attached hydrogen (secondary N) is 1. The molecule has 0 aromatic heterocycles. The van der Waals surface area contributed by atoms with Crippen molar-refractivity contribution < 1.29 is 8.78 Å². The molecule has 1 aromatic rings. The Morgan fingerprint density at radius 3 is 2.74 bits per heavy atom. The first-order valence-corrected chi connectivity index (χ1v) is 7.10. The van der Waals surface area contributed by atoms with Crippen LogP contribution in [0.1, 0.15) is 33.1 Å². The largest absolute Gasteiger partial charge is 0.363 e. The van der Waals surface area contributed by atoms with E-state index in [0.29, 0.717) is 11.7 Å². The van der Waals surface area contributed by atoms with Crippen molar-refractivity contribution in [2.45, 2.75) is 45.2 Å². The van der Waals surface area contributed by atoms with Crippen LogP contribution in [0.3, 0.4) is 0 Å². The molecule has 1 fully saturated rings. The average molecular weight is 268 g/mol. The summed E-state index contributed by atoms with van der Waals surface area (Å²) in [6.45, 7) is 5.89. The van der Waals surface area contributed by atoms with Gasteiger partial charge in [-0.2, -0.15) is 0 Å². The molecular weight excluding hydrogens is 246 g/mol. The standard InChI is InChI=1S/C15H22F2N2/c1-3-5-12-10-19(13(4-2)9-18-12)15-7-6-11(16)8-14(15)17/h6-8,12-13,18H,3-5,9-10H2,1-2H3. The highest BCUT2D eigenvalue weighted by atomic mass is 19.1. The fourth-order valence-electron chi connectivity index (χ4n) is 2.78. The molecule has 2 nitrogen and oxygen atoms in total. The van der Waals surface area contributed by atoms with Crippen LogP contribution in [0.15, 0.2) is 18.2 Å². The number of hydrogen-bond donors (Lipinski definition) is 1. The first-order valence-electron chi connectivity index (χ1n) is 7.10. The highest BCUT2D eigenvalue weighted by Gasteiger charge is 2.28. The van der Waals surface area contributed by atoms with E-state index in [-0.39, 0.29) is 6.04 Å². The summed E-state index contributed by atoms with van der Waals surface area (Å²) in [5.41, 5.74) is 0.524. The van der Waals surface area contributed by atoms with Crippen LogP contribution < -0.4 is 10.2 Å². The summed E-state index contributed by atoms with van der Waals surface area (Å²) in [5, 5.41) is 3.51. The number of benzene rings is 1. The SMILES string of the molecule is CCCC1CN(c2ccc(F)cc2F)C(CC)CN1. The minimum Gasteiger partial charge on any atom is -0.363 e. The number of piperazine rings is 1. The van der Waals surface area contributed by atoms with Crippen LogP contribution in [0.4, 0.5) is 14.5 Å². The summed E-state index contributed by atoms with van der Waals surface area (Å²) in [4.78, 5) is 2.09. The van der Waals surface area contributed by atoms with Gasteiger partial charge in [-0.3, -0.25) is 0 Å². The monoisotopic (exact) mass is 268 g/mol. The van der Waals surface area contributed by atoms with Crippen LogP contribution in [-0.2, 0) is 0 Å². The van der Waals surface area contributed by atoms with E-state index in [2.05, 4.69) is 24.1 Å². The molecule has 19 heavy (non-hydrogen) atoms. The lowest BCUT2D eigenvalue weighted by Gasteiger charge is -2.42. The second-order valence-corrected chi connectivity index (χ2v) is 5.20. The Kier molecular flexibility index (Phi) is 4.75. The second-order valence-electron chi connectivity index (χ2n) is 5.20. The first kappa shape index (κ1) is 14.3. The van der Waals surface area contributed by atoms with Gasteiger partial charge >= 0.3 is 0 Å². The van der Waals surface area contributed by atoms with Crippen molar-refractivity contribution in [2.75, 3.05) is 18.0 Å². The zero-order chi connectivity index (χ0) is 13.8. The Morgan fingerprint density at radius 1 is 1.32 bits per heavy atom. The number of hydrogen-bond acceptors (Lipinski definition) is 2. The molecule has 2 unspecified atom stereocenters. The van der Waals surface area contributed by atoms with Gasteiger partial charge in [-0.1, -0.05) is 20.3 Å². The summed E-state index contributed by atoms with van der Waals surface area (Å²) < 4.78 is 27.0. The molecule has 2 atom stereocenters. The zero-order valence-corrected chi connectivity index (χ0v) is 11.6. The molecule has 0 saturated carbocycles. The van der Waals surface area contributed by atoms with E-state index < -0.39 is 11.6 Å². The maximum atomic E-state index is 14.0. The molecule has 1 aromatic carbocycles. The van der Waals surface area contributed by atoms with Crippen molar-refractivity contribution in [3.05, 3.63) is 29.8 Å². The van der Waals surface area contributed by atoms with Crippen molar-refractivity contribution in [1.29, 1.82) is 0 Å². The van der Waals surface area contributed by atoms with E-state index in [1.807, 2.05) is 0 Å². The molecule has 4 heteroatoms. The molecule has 1 aliphatic heterocycles. The first-order chi connectivity index (χ1) is 9.15. The minimum absolute atomic E-state index is 0.271. The van der Waals surface area contributed by atoms with Crippen LogP contribution in [0.2, 0.25) is 0 Å². The summed E-state index contributed by atoms with van der Waals surface area (Å²) in [7, 11) is 0. The summed E-state index contributed by atoms with van der Waals surface area (Å²) in [6, 6.07) is 4.52. The third kappa shape index (κ3) is 3.24. The zero-order valence-electron chi connectivity index (χ0n) is 11.6. The number of nitrogens with zero attached hydrogens (tertiary/aromatic N) is 1. The Balaban J connectivity index is 2.22. The van der Waals surface area contributed by atoms with Crippen molar-refractivity contribution in [3.8, 4) is 0 Å². The third-order valence-electron chi connectivity index (χ3n) is 3.83. The van der Waals surface area contributed by atoms with Crippen LogP contribution in [0.25, 0.3) is 0 Å². The molecule has 0 spiro atoms. The minimum atomic E-state index is -0.519. The van der Waals surface area contributed by atoms with Gasteiger partial charge in [0, 0.05) is 31.2 Å². The Morgan fingerprint density at radius 2 is 2.11 bits per heavy atom. The predicted octanol–water partition coefficient (Wildman–Crippen LogP) is 3.32. The van der Waals surface area contributed by atoms with Gasteiger partial charge in [-0.15, -0.1) is 0 Å². The molecule has 0 amide bonds. The van der Waals surface area contributed by atoms with E-state index in [9.17, 15) is 8.78 Å². The highest BCUT2D eigenvalue weighted by Crippen LogP contribution is 2.26. The van der Waals surface area contributed by atoms with Crippen LogP contribution >= 0.6 is 0 Å². The molecule has 1 saturated heterocycles. The molecule has 0 aliphatic carbocycles. The molecule has 106 valence electrons. The summed E-state index contributed by atoms with van der Waals surface area (Å²) in [6.07, 6.45) is 3.13. The van der Waals surface area contributed by atoms with Gasteiger partial charge in [0.1, 0.15) is 11.6 Å². The molecule has 0 radical (unpaired) electrons. The van der Waals surface area contributed by atoms with Crippen molar-refractivity contribution in [1.82, 2.24) is 5.32 Å². The van der Waals surface area contributed by atoms with Crippen LogP contribution in [-0.4, -0.2) is 25.2 Å². The molecule has 2 rings (SSSR count). The average Bonchev–Trinajstić information content (AvgIpc) is 2.39. The van der Waals surface area contributed by atoms with E-state index in [1.54, 1.807) is 6.07 Å². The van der Waals surface area contributed by atoms with Crippen molar-refractivity contribution in [2.24, 2.45) is 0 Å². The van der Waals surface area contributed by atoms with E-state index in [1.165, 1.54) is 6.07 Å². The highest BCUT2D eigenvalue weighted by molar-refractivity contribution is 5.49. The second kappa shape index (κ2) is 6.33. The lowest BCUT2D eigenvalue weighted by Crippen LogP contribution is -2.56. The van der Waals surface area contributed by atoms with E-state index in [0.717, 1.165) is 38.4 Å². The Bertz CT molecular complexity index is 423. The van der Waals surface area contributed by atoms with Gasteiger partial charge < -0.3 is 10.2 Å². The van der Waals surface area contributed by atoms with Gasteiger partial charge in [0.05, 0.1) is 5.69 Å². The lowest BCUT2D eigenvalue weighted by molar-refractivity contribution is 0.366. The van der Waals surface area contributed by atoms with Gasteiger partial charge in [-0.25, -0.2) is 8.78 Å². The quantitative estimate of drug-likeness (QED) is 0.901. The normalized spacial score (nSPS) is 23.7. The molecule has 0 bridgehead atoms.